The predicted molar refractivity (Wildman–Crippen MR) is 116 cm³/mol. The molecule has 0 radical (unpaired) electrons. The Morgan fingerprint density at radius 3 is 2.26 bits per heavy atom. The summed E-state index contributed by atoms with van der Waals surface area (Å²) in [5.41, 5.74) is 1.83. The second kappa shape index (κ2) is 9.57. The summed E-state index contributed by atoms with van der Waals surface area (Å²) in [6.07, 6.45) is 1.67. The maximum Gasteiger partial charge on any atom is 0.343 e. The first-order chi connectivity index (χ1) is 14.9. The molecule has 0 saturated heterocycles. The Kier molecular flexibility index (Phi) is 6.65. The Hall–Kier alpha value is -4.15. The number of carbonyl (C=O) groups is 1. The number of ether oxygens (including phenoxy) is 2. The van der Waals surface area contributed by atoms with E-state index in [0.717, 1.165) is 0 Å². The molecule has 0 bridgehead atoms. The molecule has 3 rings (SSSR count). The van der Waals surface area contributed by atoms with E-state index >= 15 is 0 Å². The number of benzene rings is 3. The number of nitro benzene ring substituents is 1. The lowest BCUT2D eigenvalue weighted by atomic mass is 10.0. The molecule has 0 atom stereocenters. The first kappa shape index (κ1) is 21.6. The van der Waals surface area contributed by atoms with Crippen LogP contribution in [0, 0.1) is 21.4 Å². The monoisotopic (exact) mass is 434 g/mol. The summed E-state index contributed by atoms with van der Waals surface area (Å²) in [4.78, 5) is 22.6. The van der Waals surface area contributed by atoms with Gasteiger partial charge < -0.3 is 9.47 Å². The number of carbonyl (C=O) groups excluding carboxylic acids is 1. The lowest BCUT2D eigenvalue weighted by Gasteiger charge is -2.10. The van der Waals surface area contributed by atoms with Crippen molar-refractivity contribution < 1.29 is 19.2 Å². The van der Waals surface area contributed by atoms with Gasteiger partial charge in [-0.3, -0.25) is 10.1 Å². The SMILES string of the molecule is COc1cc(/C=C(\C#N)c2ccc(Cl)cc2)ccc1OC(=O)c1ccc([N+](=O)[O-])cc1. The van der Waals surface area contributed by atoms with Crippen LogP contribution in [0.1, 0.15) is 21.5 Å². The number of nitro groups is 1. The number of hydrogen-bond acceptors (Lipinski definition) is 6. The van der Waals surface area contributed by atoms with Gasteiger partial charge in [0.05, 0.1) is 29.2 Å². The van der Waals surface area contributed by atoms with Crippen molar-refractivity contribution in [2.75, 3.05) is 7.11 Å². The Morgan fingerprint density at radius 1 is 1.03 bits per heavy atom. The molecule has 3 aromatic carbocycles. The third kappa shape index (κ3) is 5.26. The number of nitriles is 1. The predicted octanol–water partition coefficient (Wildman–Crippen LogP) is 5.54. The Bertz CT molecular complexity index is 1200. The van der Waals surface area contributed by atoms with Crippen LogP contribution < -0.4 is 9.47 Å². The summed E-state index contributed by atoms with van der Waals surface area (Å²) in [6, 6.07) is 19.0. The Morgan fingerprint density at radius 2 is 1.68 bits per heavy atom. The molecule has 0 amide bonds. The van der Waals surface area contributed by atoms with Gasteiger partial charge in [-0.2, -0.15) is 5.26 Å². The van der Waals surface area contributed by atoms with E-state index in [0.29, 0.717) is 21.7 Å². The van der Waals surface area contributed by atoms with Crippen molar-refractivity contribution in [2.45, 2.75) is 0 Å². The van der Waals surface area contributed by atoms with Gasteiger partial charge >= 0.3 is 5.97 Å². The molecule has 0 aliphatic rings. The van der Waals surface area contributed by atoms with Gasteiger partial charge in [0.25, 0.3) is 5.69 Å². The molecule has 7 nitrogen and oxygen atoms in total. The molecule has 3 aromatic rings. The summed E-state index contributed by atoms with van der Waals surface area (Å²) in [6.45, 7) is 0. The van der Waals surface area contributed by atoms with E-state index in [1.165, 1.54) is 31.4 Å². The van der Waals surface area contributed by atoms with Gasteiger partial charge in [-0.15, -0.1) is 0 Å². The quantitative estimate of drug-likeness (QED) is 0.126. The maximum absolute atomic E-state index is 12.4. The summed E-state index contributed by atoms with van der Waals surface area (Å²) >= 11 is 5.89. The number of methoxy groups -OCH3 is 1. The number of nitrogens with zero attached hydrogens (tertiary/aromatic N) is 2. The summed E-state index contributed by atoms with van der Waals surface area (Å²) < 4.78 is 10.7. The molecule has 154 valence electrons. The van der Waals surface area contributed by atoms with Gasteiger partial charge in [0.1, 0.15) is 0 Å². The van der Waals surface area contributed by atoms with Crippen LogP contribution in [0.15, 0.2) is 66.7 Å². The molecule has 0 heterocycles. The summed E-state index contributed by atoms with van der Waals surface area (Å²) in [5.74, 6) is -0.222. The highest BCUT2D eigenvalue weighted by molar-refractivity contribution is 6.30. The van der Waals surface area contributed by atoms with Crippen molar-refractivity contribution in [1.82, 2.24) is 0 Å². The molecule has 0 N–H and O–H groups in total. The molecular weight excluding hydrogens is 420 g/mol. The zero-order chi connectivity index (χ0) is 22.4. The van der Waals surface area contributed by atoms with Crippen molar-refractivity contribution in [3.63, 3.8) is 0 Å². The number of rotatable bonds is 6. The van der Waals surface area contributed by atoms with E-state index in [4.69, 9.17) is 21.1 Å². The fourth-order valence-corrected chi connectivity index (χ4v) is 2.84. The second-order valence-electron chi connectivity index (χ2n) is 6.28. The van der Waals surface area contributed by atoms with Gasteiger partial charge in [-0.1, -0.05) is 29.8 Å². The molecule has 0 unspecified atom stereocenters. The lowest BCUT2D eigenvalue weighted by molar-refractivity contribution is -0.384. The third-order valence-electron chi connectivity index (χ3n) is 4.29. The van der Waals surface area contributed by atoms with Gasteiger partial charge in [0, 0.05) is 17.2 Å². The minimum absolute atomic E-state index is 0.126. The van der Waals surface area contributed by atoms with E-state index in [2.05, 4.69) is 6.07 Å². The number of non-ortho nitro benzene ring substituents is 1. The van der Waals surface area contributed by atoms with Crippen LogP contribution >= 0.6 is 11.6 Å². The smallest absolute Gasteiger partial charge is 0.343 e. The molecule has 0 spiro atoms. The van der Waals surface area contributed by atoms with E-state index in [9.17, 15) is 20.2 Å². The molecule has 8 heteroatoms. The molecule has 0 saturated carbocycles. The molecular formula is C23H15ClN2O5. The largest absolute Gasteiger partial charge is 0.493 e. The van der Waals surface area contributed by atoms with Crippen LogP contribution in [0.4, 0.5) is 5.69 Å². The fourth-order valence-electron chi connectivity index (χ4n) is 2.71. The minimum Gasteiger partial charge on any atom is -0.493 e. The van der Waals surface area contributed by atoms with Gasteiger partial charge in [0.15, 0.2) is 11.5 Å². The normalized spacial score (nSPS) is 10.8. The van der Waals surface area contributed by atoms with E-state index in [1.807, 2.05) is 0 Å². The molecule has 0 aliphatic carbocycles. The molecule has 0 fully saturated rings. The van der Waals surface area contributed by atoms with Crippen LogP contribution in [0.5, 0.6) is 11.5 Å². The zero-order valence-electron chi connectivity index (χ0n) is 16.2. The van der Waals surface area contributed by atoms with Crippen molar-refractivity contribution in [2.24, 2.45) is 0 Å². The highest BCUT2D eigenvalue weighted by Gasteiger charge is 2.15. The first-order valence-electron chi connectivity index (χ1n) is 8.93. The van der Waals surface area contributed by atoms with Gasteiger partial charge in [-0.05, 0) is 53.6 Å². The van der Waals surface area contributed by atoms with Crippen molar-refractivity contribution in [3.05, 3.63) is 98.6 Å². The molecule has 0 aliphatic heterocycles. The van der Waals surface area contributed by atoms with Gasteiger partial charge in [-0.25, -0.2) is 4.79 Å². The Labute approximate surface area is 182 Å². The number of allylic oxidation sites excluding steroid dienone is 1. The first-order valence-corrected chi connectivity index (χ1v) is 9.31. The Balaban J connectivity index is 1.84. The highest BCUT2D eigenvalue weighted by atomic mass is 35.5. The average molecular weight is 435 g/mol. The van der Waals surface area contributed by atoms with Crippen molar-refractivity contribution >= 4 is 34.9 Å². The fraction of sp³-hybridized carbons (Fsp3) is 0.0435. The highest BCUT2D eigenvalue weighted by Crippen LogP contribution is 2.31. The molecule has 31 heavy (non-hydrogen) atoms. The maximum atomic E-state index is 12.4. The standard InChI is InChI=1S/C23H15ClN2O5/c1-30-22-13-15(12-18(14-25)16-3-7-19(24)8-4-16)2-11-21(22)31-23(27)17-5-9-20(10-6-17)26(28)29/h2-13H,1H3/b18-12+. The topological polar surface area (TPSA) is 102 Å². The minimum atomic E-state index is -0.685. The van der Waals surface area contributed by atoms with Crippen molar-refractivity contribution in [3.8, 4) is 17.6 Å². The number of halogens is 1. The van der Waals surface area contributed by atoms with E-state index in [-0.39, 0.29) is 22.7 Å². The number of esters is 1. The zero-order valence-corrected chi connectivity index (χ0v) is 17.0. The van der Waals surface area contributed by atoms with Crippen LogP contribution in [-0.2, 0) is 0 Å². The summed E-state index contributed by atoms with van der Waals surface area (Å²) in [5, 5.41) is 20.8. The lowest BCUT2D eigenvalue weighted by Crippen LogP contribution is -2.09. The number of hydrogen-bond donors (Lipinski definition) is 0. The van der Waals surface area contributed by atoms with E-state index in [1.54, 1.807) is 48.5 Å². The van der Waals surface area contributed by atoms with Crippen molar-refractivity contribution in [1.29, 1.82) is 5.26 Å². The second-order valence-corrected chi connectivity index (χ2v) is 6.72. The van der Waals surface area contributed by atoms with Gasteiger partial charge in [0.2, 0.25) is 0 Å². The van der Waals surface area contributed by atoms with E-state index < -0.39 is 10.9 Å². The average Bonchev–Trinajstić information content (AvgIpc) is 2.79. The summed E-state index contributed by atoms with van der Waals surface area (Å²) in [7, 11) is 1.43. The molecule has 0 aromatic heterocycles. The van der Waals surface area contributed by atoms with Crippen LogP contribution in [-0.4, -0.2) is 18.0 Å². The van der Waals surface area contributed by atoms with Crippen LogP contribution in [0.3, 0.4) is 0 Å². The van der Waals surface area contributed by atoms with Crippen LogP contribution in [0.2, 0.25) is 5.02 Å². The third-order valence-corrected chi connectivity index (χ3v) is 4.54. The van der Waals surface area contributed by atoms with Crippen LogP contribution in [0.25, 0.3) is 11.6 Å².